The highest BCUT2D eigenvalue weighted by atomic mass is 16.5. The highest BCUT2D eigenvalue weighted by Gasteiger charge is 2.12. The van der Waals surface area contributed by atoms with Crippen molar-refractivity contribution in [1.29, 1.82) is 0 Å². The molecule has 358 valence electrons. The van der Waals surface area contributed by atoms with Gasteiger partial charge in [0.25, 0.3) is 0 Å². The van der Waals surface area contributed by atoms with Crippen LogP contribution in [-0.4, -0.2) is 119 Å². The van der Waals surface area contributed by atoms with Crippen molar-refractivity contribution in [3.05, 3.63) is 110 Å². The number of nitrogen functional groups attached to an aromatic ring is 1. The molecule has 0 fully saturated rings. The topological polar surface area (TPSA) is 329 Å². The maximum Gasteiger partial charge on any atom is 0.325 e. The third kappa shape index (κ3) is 18.6. The molecule has 23 heteroatoms. The number of carbonyl (C=O) groups is 5. The van der Waals surface area contributed by atoms with E-state index in [0.29, 0.717) is 41.1 Å². The van der Waals surface area contributed by atoms with E-state index < -0.39 is 30.5 Å². The largest absolute Gasteiger partial charge is 0.496 e. The van der Waals surface area contributed by atoms with Gasteiger partial charge in [0.05, 0.1) is 58.2 Å². The number of hydrogen-bond acceptors (Lipinski definition) is 18. The summed E-state index contributed by atoms with van der Waals surface area (Å²) in [5.41, 5.74) is 14.9. The average molecular weight is 937 g/mol. The lowest BCUT2D eigenvalue weighted by molar-refractivity contribution is -0.142. The fourth-order valence-electron chi connectivity index (χ4n) is 5.30. The van der Waals surface area contributed by atoms with Gasteiger partial charge in [0.2, 0.25) is 0 Å². The number of aromatic nitrogens is 6. The zero-order valence-electron chi connectivity index (χ0n) is 37.8. The first kappa shape index (κ1) is 53.3. The molecule has 68 heavy (non-hydrogen) atoms. The van der Waals surface area contributed by atoms with Crippen LogP contribution in [0.3, 0.4) is 0 Å². The maximum absolute atomic E-state index is 11.8. The second kappa shape index (κ2) is 29.5. The van der Waals surface area contributed by atoms with Crippen LogP contribution in [0.5, 0.6) is 17.2 Å². The van der Waals surface area contributed by atoms with Crippen LogP contribution in [0.15, 0.2) is 110 Å². The standard InChI is InChI=1S/C16H18N4O4.C14H14N4O4.C11H11N3O.C4H9NO2/c1-3-24-15(21)9-17-16(22)20-14-8-12(18-10-19-14)11-6-4-5-7-13(11)23-2;1-22-11-5-3-2-4-9(11)10-6-12(17-8-16-10)18-14(21)15-7-13(19)20;1-15-10-5-3-2-4-8(10)9-6-11(12)14-7-13-9;1-2-7-4(6)3-5/h4-8,10H,3,9H2,1-2H3,(H2,17,18,19,20,22);2-6,8H,7H2,1H3,(H,19,20)(H2,15,16,17,18,21);2-7H,1H3,(H2,12,13,14);2-3,5H2,1H3. The number of ether oxygens (including phenoxy) is 5. The SMILES string of the molecule is CCOC(=O)CN.CCOC(=O)CNC(=O)Nc1cc(-c2ccccc2OC)ncn1.COc1ccccc1-c1cc(N)ncn1.COc1ccccc1-c1cc(NC(=O)NCC(=O)O)ncn1. The molecule has 4 amide bonds. The van der Waals surface area contributed by atoms with E-state index in [1.165, 1.54) is 19.0 Å². The Labute approximate surface area is 391 Å². The number of rotatable bonds is 15. The number of nitrogens with one attached hydrogen (secondary N) is 4. The number of benzene rings is 3. The summed E-state index contributed by atoms with van der Waals surface area (Å²) in [7, 11) is 4.75. The minimum Gasteiger partial charge on any atom is -0.496 e. The van der Waals surface area contributed by atoms with Crippen LogP contribution in [0, 0.1) is 0 Å². The second-order valence-corrected chi connectivity index (χ2v) is 12.8. The molecular weight excluding hydrogens is 885 g/mol. The average Bonchev–Trinajstić information content (AvgIpc) is 3.36. The van der Waals surface area contributed by atoms with Gasteiger partial charge in [-0.3, -0.25) is 25.0 Å². The van der Waals surface area contributed by atoms with Crippen LogP contribution in [0.4, 0.5) is 27.0 Å². The third-order valence-corrected chi connectivity index (χ3v) is 8.23. The van der Waals surface area contributed by atoms with Crippen LogP contribution in [0.1, 0.15) is 13.8 Å². The molecule has 0 spiro atoms. The summed E-state index contributed by atoms with van der Waals surface area (Å²) in [5.74, 6) is 1.09. The summed E-state index contributed by atoms with van der Waals surface area (Å²) < 4.78 is 24.9. The van der Waals surface area contributed by atoms with Crippen molar-refractivity contribution in [2.24, 2.45) is 5.73 Å². The van der Waals surface area contributed by atoms with Gasteiger partial charge >= 0.3 is 30.0 Å². The van der Waals surface area contributed by atoms with E-state index in [1.807, 2.05) is 66.7 Å². The predicted molar refractivity (Wildman–Crippen MR) is 250 cm³/mol. The lowest BCUT2D eigenvalue weighted by atomic mass is 10.1. The molecule has 23 nitrogen and oxygen atoms in total. The number of para-hydroxylation sites is 3. The summed E-state index contributed by atoms with van der Waals surface area (Å²) in [6.45, 7) is 3.40. The van der Waals surface area contributed by atoms with E-state index in [4.69, 9.17) is 35.5 Å². The monoisotopic (exact) mass is 936 g/mol. The highest BCUT2D eigenvalue weighted by Crippen LogP contribution is 2.30. The maximum atomic E-state index is 11.8. The molecule has 0 saturated heterocycles. The number of nitrogens with two attached hydrogens (primary N) is 2. The lowest BCUT2D eigenvalue weighted by Gasteiger charge is -2.09. The predicted octanol–water partition coefficient (Wildman–Crippen LogP) is 4.44. The molecule has 6 rings (SSSR count). The van der Waals surface area contributed by atoms with Crippen molar-refractivity contribution in [1.82, 2.24) is 40.5 Å². The number of anilines is 3. The molecule has 0 aliphatic heterocycles. The quantitative estimate of drug-likeness (QED) is 0.0700. The van der Waals surface area contributed by atoms with Crippen molar-refractivity contribution in [2.75, 3.05) is 70.5 Å². The number of amides is 4. The van der Waals surface area contributed by atoms with Gasteiger partial charge in [-0.1, -0.05) is 36.4 Å². The molecule has 0 aliphatic carbocycles. The summed E-state index contributed by atoms with van der Waals surface area (Å²) in [4.78, 5) is 79.2. The van der Waals surface area contributed by atoms with Crippen molar-refractivity contribution in [3.8, 4) is 51.0 Å². The number of methoxy groups -OCH3 is 3. The van der Waals surface area contributed by atoms with Gasteiger partial charge in [-0.15, -0.1) is 0 Å². The number of esters is 2. The fraction of sp³-hybridized carbons (Fsp3) is 0.222. The molecule has 0 saturated carbocycles. The fourth-order valence-corrected chi connectivity index (χ4v) is 5.30. The van der Waals surface area contributed by atoms with E-state index in [9.17, 15) is 24.0 Å². The van der Waals surface area contributed by atoms with Crippen molar-refractivity contribution in [2.45, 2.75) is 13.8 Å². The summed E-state index contributed by atoms with van der Waals surface area (Å²) in [5, 5.41) is 18.0. The number of carboxylic acid groups (broad SMARTS) is 1. The third-order valence-electron chi connectivity index (χ3n) is 8.23. The molecule has 0 bridgehead atoms. The number of aliphatic carboxylic acids is 1. The molecule has 0 unspecified atom stereocenters. The first-order valence-electron chi connectivity index (χ1n) is 20.3. The minimum absolute atomic E-state index is 0.0200. The molecule has 0 radical (unpaired) electrons. The Hall–Kier alpha value is -8.99. The minimum atomic E-state index is -1.13. The zero-order valence-corrected chi connectivity index (χ0v) is 37.8. The van der Waals surface area contributed by atoms with Crippen LogP contribution in [0.2, 0.25) is 0 Å². The van der Waals surface area contributed by atoms with Crippen LogP contribution in [-0.2, 0) is 23.9 Å². The van der Waals surface area contributed by atoms with Gasteiger partial charge in [0, 0.05) is 34.9 Å². The van der Waals surface area contributed by atoms with E-state index in [2.05, 4.69) is 55.9 Å². The van der Waals surface area contributed by atoms with Gasteiger partial charge in [0.1, 0.15) is 66.8 Å². The number of urea groups is 2. The molecule has 3 aromatic heterocycles. The van der Waals surface area contributed by atoms with Crippen molar-refractivity contribution >= 4 is 47.4 Å². The summed E-state index contributed by atoms with van der Waals surface area (Å²) in [6, 6.07) is 26.0. The number of nitrogens with zero attached hydrogens (tertiary/aromatic N) is 6. The van der Waals surface area contributed by atoms with E-state index >= 15 is 0 Å². The van der Waals surface area contributed by atoms with E-state index in [0.717, 1.165) is 28.1 Å². The second-order valence-electron chi connectivity index (χ2n) is 12.8. The first-order valence-corrected chi connectivity index (χ1v) is 20.3. The van der Waals surface area contributed by atoms with Crippen LogP contribution < -0.4 is 46.9 Å². The Morgan fingerprint density at radius 2 is 0.926 bits per heavy atom. The Kier molecular flexibility index (Phi) is 23.1. The number of carbonyl (C=O) groups excluding carboxylic acids is 4. The van der Waals surface area contributed by atoms with Crippen molar-refractivity contribution < 1.29 is 52.8 Å². The molecular formula is C45H52N12O11. The van der Waals surface area contributed by atoms with E-state index in [1.54, 1.807) is 59.4 Å². The zero-order chi connectivity index (χ0) is 49.7. The van der Waals surface area contributed by atoms with Gasteiger partial charge in [-0.25, -0.2) is 39.5 Å². The molecule has 9 N–H and O–H groups in total. The van der Waals surface area contributed by atoms with Crippen molar-refractivity contribution in [3.63, 3.8) is 0 Å². The molecule has 6 aromatic rings. The van der Waals surface area contributed by atoms with Gasteiger partial charge in [0.15, 0.2) is 0 Å². The smallest absolute Gasteiger partial charge is 0.325 e. The molecule has 3 heterocycles. The van der Waals surface area contributed by atoms with Gasteiger partial charge < -0.3 is 50.9 Å². The Morgan fingerprint density at radius 1 is 0.544 bits per heavy atom. The molecule has 0 aliphatic rings. The highest BCUT2D eigenvalue weighted by molar-refractivity contribution is 5.92. The summed E-state index contributed by atoms with van der Waals surface area (Å²) >= 11 is 0. The number of hydrogen-bond donors (Lipinski definition) is 7. The summed E-state index contributed by atoms with van der Waals surface area (Å²) in [6.07, 6.45) is 4.08. The number of carboxylic acids is 1. The molecule has 0 atom stereocenters. The van der Waals surface area contributed by atoms with E-state index in [-0.39, 0.29) is 31.5 Å². The Morgan fingerprint density at radius 3 is 1.29 bits per heavy atom. The normalized spacial score (nSPS) is 9.74. The Balaban J connectivity index is 0.000000257. The van der Waals surface area contributed by atoms with Crippen LogP contribution >= 0.6 is 0 Å². The van der Waals surface area contributed by atoms with Gasteiger partial charge in [-0.2, -0.15) is 0 Å². The van der Waals surface area contributed by atoms with Gasteiger partial charge in [-0.05, 0) is 50.2 Å². The first-order chi connectivity index (χ1) is 32.8. The molecule has 3 aromatic carbocycles. The Bertz CT molecular complexity index is 2570. The lowest BCUT2D eigenvalue weighted by Crippen LogP contribution is -2.34. The van der Waals surface area contributed by atoms with Crippen LogP contribution in [0.25, 0.3) is 33.8 Å².